The highest BCUT2D eigenvalue weighted by molar-refractivity contribution is 7.99. The van der Waals surface area contributed by atoms with Crippen molar-refractivity contribution < 1.29 is 9.53 Å². The Kier molecular flexibility index (Phi) is 7.41. The molecule has 1 N–H and O–H groups in total. The van der Waals surface area contributed by atoms with E-state index in [0.29, 0.717) is 39.9 Å². The van der Waals surface area contributed by atoms with Gasteiger partial charge in [-0.2, -0.15) is 0 Å². The van der Waals surface area contributed by atoms with E-state index in [0.717, 1.165) is 11.3 Å². The first-order valence-electron chi connectivity index (χ1n) is 8.96. The lowest BCUT2D eigenvalue weighted by molar-refractivity contribution is -0.113. The Morgan fingerprint density at radius 2 is 1.90 bits per heavy atom. The number of hydrogen-bond donors (Lipinski definition) is 1. The summed E-state index contributed by atoms with van der Waals surface area (Å²) >= 11 is 13.5. The SMILES string of the molecule is CCn1c(COc2cccc(C)c2)nnc1SCC(=O)Nc1c(Cl)cccc1Cl. The Hall–Kier alpha value is -2.22. The number of ether oxygens (including phenoxy) is 1. The molecule has 1 heterocycles. The first-order chi connectivity index (χ1) is 14.0. The number of benzene rings is 2. The number of aromatic nitrogens is 3. The molecule has 9 heteroatoms. The molecule has 0 atom stereocenters. The summed E-state index contributed by atoms with van der Waals surface area (Å²) in [6, 6.07) is 12.9. The van der Waals surface area contributed by atoms with Gasteiger partial charge in [-0.3, -0.25) is 4.79 Å². The van der Waals surface area contributed by atoms with Gasteiger partial charge >= 0.3 is 0 Å². The molecule has 0 fully saturated rings. The van der Waals surface area contributed by atoms with E-state index in [4.69, 9.17) is 27.9 Å². The van der Waals surface area contributed by atoms with Crippen LogP contribution in [0.5, 0.6) is 5.75 Å². The summed E-state index contributed by atoms with van der Waals surface area (Å²) in [6.07, 6.45) is 0. The fourth-order valence-electron chi connectivity index (χ4n) is 2.63. The minimum atomic E-state index is -0.229. The minimum Gasteiger partial charge on any atom is -0.486 e. The third-order valence-corrected chi connectivity index (χ3v) is 5.62. The first kappa shape index (κ1) is 21.5. The van der Waals surface area contributed by atoms with E-state index in [2.05, 4.69) is 15.5 Å². The molecule has 0 bridgehead atoms. The predicted molar refractivity (Wildman–Crippen MR) is 117 cm³/mol. The van der Waals surface area contributed by atoms with Crippen molar-refractivity contribution >= 4 is 46.6 Å². The third-order valence-electron chi connectivity index (χ3n) is 4.03. The number of nitrogens with one attached hydrogen (secondary N) is 1. The Labute approximate surface area is 183 Å². The quantitative estimate of drug-likeness (QED) is 0.476. The van der Waals surface area contributed by atoms with Crippen LogP contribution in [0.2, 0.25) is 10.0 Å². The van der Waals surface area contributed by atoms with E-state index in [-0.39, 0.29) is 11.7 Å². The van der Waals surface area contributed by atoms with Gasteiger partial charge < -0.3 is 14.6 Å². The van der Waals surface area contributed by atoms with Crippen LogP contribution in [-0.4, -0.2) is 26.4 Å². The fraction of sp³-hybridized carbons (Fsp3) is 0.250. The minimum absolute atomic E-state index is 0.151. The second-order valence-corrected chi connectivity index (χ2v) is 7.94. The number of halogens is 2. The molecular weight excluding hydrogens is 431 g/mol. The lowest BCUT2D eigenvalue weighted by atomic mass is 10.2. The van der Waals surface area contributed by atoms with Gasteiger partial charge in [-0.15, -0.1) is 10.2 Å². The number of nitrogens with zero attached hydrogens (tertiary/aromatic N) is 3. The van der Waals surface area contributed by atoms with E-state index in [1.54, 1.807) is 18.2 Å². The number of anilines is 1. The number of aryl methyl sites for hydroxylation is 1. The monoisotopic (exact) mass is 450 g/mol. The number of carbonyl (C=O) groups excluding carboxylic acids is 1. The summed E-state index contributed by atoms with van der Waals surface area (Å²) in [6.45, 7) is 4.97. The van der Waals surface area contributed by atoms with Crippen LogP contribution in [0.25, 0.3) is 0 Å². The molecule has 0 saturated heterocycles. The van der Waals surface area contributed by atoms with E-state index in [1.807, 2.05) is 42.7 Å². The number of para-hydroxylation sites is 1. The van der Waals surface area contributed by atoms with Crippen molar-refractivity contribution in [3.63, 3.8) is 0 Å². The molecule has 152 valence electrons. The largest absolute Gasteiger partial charge is 0.486 e. The Bertz CT molecular complexity index is 990. The zero-order valence-corrected chi connectivity index (χ0v) is 18.3. The van der Waals surface area contributed by atoms with Gasteiger partial charge in [0.2, 0.25) is 5.91 Å². The van der Waals surface area contributed by atoms with Gasteiger partial charge in [0.05, 0.1) is 21.5 Å². The molecule has 0 spiro atoms. The molecule has 2 aromatic carbocycles. The summed E-state index contributed by atoms with van der Waals surface area (Å²) in [7, 11) is 0. The van der Waals surface area contributed by atoms with Crippen LogP contribution >= 0.6 is 35.0 Å². The smallest absolute Gasteiger partial charge is 0.234 e. The van der Waals surface area contributed by atoms with Gasteiger partial charge in [-0.25, -0.2) is 0 Å². The molecule has 1 amide bonds. The highest BCUT2D eigenvalue weighted by Crippen LogP contribution is 2.30. The average molecular weight is 451 g/mol. The molecule has 0 radical (unpaired) electrons. The average Bonchev–Trinajstić information content (AvgIpc) is 3.09. The summed E-state index contributed by atoms with van der Waals surface area (Å²) in [5, 5.41) is 12.6. The van der Waals surface area contributed by atoms with E-state index in [1.165, 1.54) is 11.8 Å². The second-order valence-electron chi connectivity index (χ2n) is 6.18. The van der Waals surface area contributed by atoms with Crippen molar-refractivity contribution in [2.24, 2.45) is 0 Å². The molecule has 3 aromatic rings. The predicted octanol–water partition coefficient (Wildman–Crippen LogP) is 5.22. The van der Waals surface area contributed by atoms with Crippen LogP contribution in [0.1, 0.15) is 18.3 Å². The fourth-order valence-corrected chi connectivity index (χ4v) is 3.94. The summed E-state index contributed by atoms with van der Waals surface area (Å²) in [4.78, 5) is 12.3. The van der Waals surface area contributed by atoms with Gasteiger partial charge in [-0.05, 0) is 43.7 Å². The number of carbonyl (C=O) groups is 1. The van der Waals surface area contributed by atoms with E-state index >= 15 is 0 Å². The van der Waals surface area contributed by atoms with Crippen LogP contribution in [0.15, 0.2) is 47.6 Å². The van der Waals surface area contributed by atoms with Crippen molar-refractivity contribution in [3.05, 3.63) is 63.9 Å². The van der Waals surface area contributed by atoms with Gasteiger partial charge in [-0.1, -0.05) is 53.2 Å². The van der Waals surface area contributed by atoms with Gasteiger partial charge in [0.25, 0.3) is 0 Å². The number of rotatable bonds is 8. The summed E-state index contributed by atoms with van der Waals surface area (Å²) < 4.78 is 7.75. The molecule has 0 aliphatic rings. The highest BCUT2D eigenvalue weighted by Gasteiger charge is 2.15. The molecule has 29 heavy (non-hydrogen) atoms. The Morgan fingerprint density at radius 3 is 2.59 bits per heavy atom. The lowest BCUT2D eigenvalue weighted by Crippen LogP contribution is -2.15. The lowest BCUT2D eigenvalue weighted by Gasteiger charge is -2.10. The molecule has 3 rings (SSSR count). The van der Waals surface area contributed by atoms with Crippen molar-refractivity contribution in [2.45, 2.75) is 32.2 Å². The Morgan fingerprint density at radius 1 is 1.17 bits per heavy atom. The number of thioether (sulfide) groups is 1. The van der Waals surface area contributed by atoms with E-state index in [9.17, 15) is 4.79 Å². The van der Waals surface area contributed by atoms with Crippen molar-refractivity contribution in [1.82, 2.24) is 14.8 Å². The van der Waals surface area contributed by atoms with Crippen LogP contribution in [0.3, 0.4) is 0 Å². The molecule has 0 aliphatic carbocycles. The Balaban J connectivity index is 1.60. The van der Waals surface area contributed by atoms with Crippen molar-refractivity contribution in [2.75, 3.05) is 11.1 Å². The van der Waals surface area contributed by atoms with Crippen LogP contribution in [0.4, 0.5) is 5.69 Å². The van der Waals surface area contributed by atoms with Crippen molar-refractivity contribution in [3.8, 4) is 5.75 Å². The maximum absolute atomic E-state index is 12.3. The number of hydrogen-bond acceptors (Lipinski definition) is 5. The third kappa shape index (κ3) is 5.65. The zero-order valence-electron chi connectivity index (χ0n) is 16.0. The summed E-state index contributed by atoms with van der Waals surface area (Å²) in [5.41, 5.74) is 1.53. The van der Waals surface area contributed by atoms with Crippen molar-refractivity contribution in [1.29, 1.82) is 0 Å². The zero-order chi connectivity index (χ0) is 20.8. The normalized spacial score (nSPS) is 10.8. The molecule has 0 saturated carbocycles. The van der Waals surface area contributed by atoms with Gasteiger partial charge in [0.15, 0.2) is 11.0 Å². The highest BCUT2D eigenvalue weighted by atomic mass is 35.5. The van der Waals surface area contributed by atoms with E-state index < -0.39 is 0 Å². The molecule has 6 nitrogen and oxygen atoms in total. The van der Waals surface area contributed by atoms with Gasteiger partial charge in [0.1, 0.15) is 12.4 Å². The maximum Gasteiger partial charge on any atom is 0.234 e. The molecule has 0 unspecified atom stereocenters. The second kappa shape index (κ2) is 10.0. The first-order valence-corrected chi connectivity index (χ1v) is 10.7. The standard InChI is InChI=1S/C20H20Cl2N4O2S/c1-3-26-17(11-28-14-7-4-6-13(2)10-14)24-25-20(26)29-12-18(27)23-19-15(21)8-5-9-16(19)22/h4-10H,3,11-12H2,1-2H3,(H,23,27). The molecule has 0 aliphatic heterocycles. The van der Waals surface area contributed by atoms with Crippen LogP contribution in [-0.2, 0) is 17.9 Å². The maximum atomic E-state index is 12.3. The number of amides is 1. The molecular formula is C20H20Cl2N4O2S. The van der Waals surface area contributed by atoms with Gasteiger partial charge in [0, 0.05) is 6.54 Å². The van der Waals surface area contributed by atoms with Crippen LogP contribution in [0, 0.1) is 6.92 Å². The summed E-state index contributed by atoms with van der Waals surface area (Å²) in [5.74, 6) is 1.40. The van der Waals surface area contributed by atoms with Crippen LogP contribution < -0.4 is 10.1 Å². The topological polar surface area (TPSA) is 69.0 Å². The molecule has 1 aromatic heterocycles.